The summed E-state index contributed by atoms with van der Waals surface area (Å²) in [5.74, 6) is 0.627. The fourth-order valence-electron chi connectivity index (χ4n) is 3.47. The summed E-state index contributed by atoms with van der Waals surface area (Å²) < 4.78 is 41.7. The van der Waals surface area contributed by atoms with Gasteiger partial charge in [0.1, 0.15) is 11.6 Å². The van der Waals surface area contributed by atoms with Crippen LogP contribution in [-0.4, -0.2) is 49.3 Å². The summed E-state index contributed by atoms with van der Waals surface area (Å²) in [6, 6.07) is 4.23. The molecule has 8 heteroatoms. The van der Waals surface area contributed by atoms with Crippen LogP contribution < -0.4 is 15.4 Å². The average molecular weight is 364 g/mol. The Kier molecular flexibility index (Phi) is 4.36. The third-order valence-electron chi connectivity index (χ3n) is 4.63. The van der Waals surface area contributed by atoms with Gasteiger partial charge >= 0.3 is 6.36 Å². The van der Waals surface area contributed by atoms with Crippen LogP contribution in [0.5, 0.6) is 5.75 Å². The first-order valence-corrected chi connectivity index (χ1v) is 8.55. The summed E-state index contributed by atoms with van der Waals surface area (Å²) in [6.45, 7) is 3.34. The van der Waals surface area contributed by atoms with Gasteiger partial charge in [-0.2, -0.15) is 0 Å². The lowest BCUT2D eigenvalue weighted by Crippen LogP contribution is -2.50. The highest BCUT2D eigenvalue weighted by Crippen LogP contribution is 2.37. The second-order valence-corrected chi connectivity index (χ2v) is 6.40. The van der Waals surface area contributed by atoms with Crippen LogP contribution in [0.4, 0.5) is 24.5 Å². The van der Waals surface area contributed by atoms with Crippen molar-refractivity contribution >= 4 is 17.2 Å². The summed E-state index contributed by atoms with van der Waals surface area (Å²) in [7, 11) is 0. The van der Waals surface area contributed by atoms with Crippen LogP contribution in [0.2, 0.25) is 0 Å². The summed E-state index contributed by atoms with van der Waals surface area (Å²) in [5.41, 5.74) is 1.15. The van der Waals surface area contributed by atoms with Crippen LogP contribution in [0.1, 0.15) is 0 Å². The first-order valence-electron chi connectivity index (χ1n) is 8.55. The number of nitrogens with one attached hydrogen (secondary N) is 2. The Hall–Kier alpha value is -2.48. The highest BCUT2D eigenvalue weighted by atomic mass is 19.4. The number of amidine groups is 1. The van der Waals surface area contributed by atoms with E-state index in [1.807, 2.05) is 12.2 Å². The maximum absolute atomic E-state index is 12.6. The number of hydrogen-bond acceptors (Lipinski definition) is 5. The minimum absolute atomic E-state index is 0.00395. The molecule has 138 valence electrons. The van der Waals surface area contributed by atoms with Gasteiger partial charge in [0.15, 0.2) is 0 Å². The van der Waals surface area contributed by atoms with Crippen LogP contribution in [0.15, 0.2) is 47.5 Å². The van der Waals surface area contributed by atoms with Crippen molar-refractivity contribution < 1.29 is 17.9 Å². The number of hydrogen-bond donors (Lipinski definition) is 2. The third-order valence-corrected chi connectivity index (χ3v) is 4.63. The molecule has 1 aromatic rings. The molecule has 1 saturated heterocycles. The van der Waals surface area contributed by atoms with Gasteiger partial charge in [0.25, 0.3) is 0 Å². The SMILES string of the molecule is FC(F)(F)Oc1ccc2c(c1)N=C(N1CCNCC1)C1C=CC=CC1N2. The molecule has 2 aliphatic heterocycles. The number of halogens is 3. The predicted octanol–water partition coefficient (Wildman–Crippen LogP) is 3.06. The van der Waals surface area contributed by atoms with Crippen molar-refractivity contribution in [2.75, 3.05) is 31.5 Å². The van der Waals surface area contributed by atoms with Crippen LogP contribution in [0.3, 0.4) is 0 Å². The quantitative estimate of drug-likeness (QED) is 0.804. The van der Waals surface area contributed by atoms with Gasteiger partial charge in [-0.3, -0.25) is 0 Å². The molecular formula is C18H19F3N4O. The number of allylic oxidation sites excluding steroid dienone is 2. The van der Waals surface area contributed by atoms with Crippen LogP contribution in [0.25, 0.3) is 0 Å². The molecule has 4 rings (SSSR count). The fourth-order valence-corrected chi connectivity index (χ4v) is 3.47. The molecule has 2 N–H and O–H groups in total. The van der Waals surface area contributed by atoms with E-state index < -0.39 is 6.36 Å². The van der Waals surface area contributed by atoms with Crippen molar-refractivity contribution in [2.24, 2.45) is 10.9 Å². The first kappa shape index (κ1) is 17.0. The number of nitrogens with zero attached hydrogens (tertiary/aromatic N) is 2. The van der Waals surface area contributed by atoms with Crippen LogP contribution >= 0.6 is 0 Å². The molecule has 2 heterocycles. The number of anilines is 1. The molecule has 2 atom stereocenters. The maximum atomic E-state index is 12.6. The molecule has 1 aliphatic carbocycles. The van der Waals surface area contributed by atoms with Crippen LogP contribution in [-0.2, 0) is 0 Å². The van der Waals surface area contributed by atoms with E-state index >= 15 is 0 Å². The Morgan fingerprint density at radius 2 is 1.88 bits per heavy atom. The zero-order valence-electron chi connectivity index (χ0n) is 14.0. The van der Waals surface area contributed by atoms with Gasteiger partial charge < -0.3 is 20.3 Å². The lowest BCUT2D eigenvalue weighted by Gasteiger charge is -2.35. The molecule has 2 unspecified atom stereocenters. The molecule has 0 spiro atoms. The van der Waals surface area contributed by atoms with Crippen molar-refractivity contribution in [1.82, 2.24) is 10.2 Å². The van der Waals surface area contributed by atoms with E-state index in [0.717, 1.165) is 32.0 Å². The van der Waals surface area contributed by atoms with Gasteiger partial charge in [0.05, 0.1) is 23.3 Å². The summed E-state index contributed by atoms with van der Waals surface area (Å²) in [5, 5.41) is 6.69. The van der Waals surface area contributed by atoms with Gasteiger partial charge in [0.2, 0.25) is 0 Å². The Morgan fingerprint density at radius 1 is 1.12 bits per heavy atom. The third kappa shape index (κ3) is 3.55. The largest absolute Gasteiger partial charge is 0.573 e. The molecule has 0 aromatic heterocycles. The molecule has 26 heavy (non-hydrogen) atoms. The normalized spacial score (nSPS) is 24.9. The van der Waals surface area contributed by atoms with Crippen molar-refractivity contribution in [2.45, 2.75) is 12.4 Å². The zero-order chi connectivity index (χ0) is 18.1. The number of ether oxygens (including phenoxy) is 1. The van der Waals surface area contributed by atoms with E-state index in [0.29, 0.717) is 11.4 Å². The Bertz CT molecular complexity index is 766. The lowest BCUT2D eigenvalue weighted by molar-refractivity contribution is -0.274. The van der Waals surface area contributed by atoms with Gasteiger partial charge in [-0.05, 0) is 12.1 Å². The molecular weight excluding hydrogens is 345 g/mol. The molecule has 1 aromatic carbocycles. The Morgan fingerprint density at radius 3 is 2.65 bits per heavy atom. The zero-order valence-corrected chi connectivity index (χ0v) is 14.0. The topological polar surface area (TPSA) is 48.9 Å². The highest BCUT2D eigenvalue weighted by molar-refractivity contribution is 5.93. The van der Waals surface area contributed by atoms with Gasteiger partial charge in [-0.15, -0.1) is 13.2 Å². The van der Waals surface area contributed by atoms with E-state index in [2.05, 4.69) is 32.4 Å². The van der Waals surface area contributed by atoms with E-state index in [-0.39, 0.29) is 17.7 Å². The number of benzene rings is 1. The molecule has 0 bridgehead atoms. The van der Waals surface area contributed by atoms with Crippen molar-refractivity contribution in [3.63, 3.8) is 0 Å². The van der Waals surface area contributed by atoms with E-state index in [4.69, 9.17) is 4.99 Å². The fraction of sp³-hybridized carbons (Fsp3) is 0.389. The molecule has 0 radical (unpaired) electrons. The van der Waals surface area contributed by atoms with E-state index in [9.17, 15) is 13.2 Å². The lowest BCUT2D eigenvalue weighted by atomic mass is 9.93. The minimum Gasteiger partial charge on any atom is -0.406 e. The average Bonchev–Trinajstić information content (AvgIpc) is 2.77. The number of piperazine rings is 1. The Labute approximate surface area is 149 Å². The predicted molar refractivity (Wildman–Crippen MR) is 93.8 cm³/mol. The van der Waals surface area contributed by atoms with Crippen molar-refractivity contribution in [3.8, 4) is 5.75 Å². The summed E-state index contributed by atoms with van der Waals surface area (Å²) >= 11 is 0. The molecule has 5 nitrogen and oxygen atoms in total. The number of fused-ring (bicyclic) bond motifs is 2. The Balaban J connectivity index is 1.74. The summed E-state index contributed by atoms with van der Waals surface area (Å²) in [4.78, 5) is 6.96. The van der Waals surface area contributed by atoms with Gasteiger partial charge in [-0.25, -0.2) is 4.99 Å². The van der Waals surface area contributed by atoms with Crippen LogP contribution in [0, 0.1) is 5.92 Å². The number of aliphatic imine (C=N–C) groups is 1. The second-order valence-electron chi connectivity index (χ2n) is 6.40. The molecule has 1 fully saturated rings. The number of rotatable bonds is 1. The van der Waals surface area contributed by atoms with Gasteiger partial charge in [0, 0.05) is 32.2 Å². The number of alkyl halides is 3. The standard InChI is InChI=1S/C18H19F3N4O/c19-18(20,21)26-12-5-6-15-16(11-12)24-17(25-9-7-22-8-10-25)13-3-1-2-4-14(13)23-15/h1-6,11,13-14,22-23H,7-10H2. The van der Waals surface area contributed by atoms with E-state index in [1.54, 1.807) is 6.07 Å². The van der Waals surface area contributed by atoms with Crippen molar-refractivity contribution in [3.05, 3.63) is 42.5 Å². The molecule has 0 amide bonds. The maximum Gasteiger partial charge on any atom is 0.573 e. The highest BCUT2D eigenvalue weighted by Gasteiger charge is 2.33. The molecule has 3 aliphatic rings. The first-order chi connectivity index (χ1) is 12.5. The molecule has 0 saturated carbocycles. The summed E-state index contributed by atoms with van der Waals surface area (Å²) in [6.07, 6.45) is 3.36. The monoisotopic (exact) mass is 364 g/mol. The smallest absolute Gasteiger partial charge is 0.406 e. The second kappa shape index (κ2) is 6.68. The van der Waals surface area contributed by atoms with Crippen molar-refractivity contribution in [1.29, 1.82) is 0 Å². The van der Waals surface area contributed by atoms with Gasteiger partial charge in [-0.1, -0.05) is 24.3 Å². The van der Waals surface area contributed by atoms with E-state index in [1.165, 1.54) is 12.1 Å². The minimum atomic E-state index is -4.73.